The number of rotatable bonds is 4. The number of anilines is 1. The van der Waals surface area contributed by atoms with E-state index in [-0.39, 0.29) is 0 Å². The second kappa shape index (κ2) is 6.11. The highest BCUT2D eigenvalue weighted by Crippen LogP contribution is 2.28. The molecule has 8 nitrogen and oxygen atoms in total. The fourth-order valence-electron chi connectivity index (χ4n) is 2.99. The molecule has 0 aliphatic carbocycles. The number of β-amino-alcohol motifs (C(OH)–C–C–N with tert-alkyl or cyclic N) is 1. The number of hydrogen-bond donors (Lipinski definition) is 1. The summed E-state index contributed by atoms with van der Waals surface area (Å²) < 4.78 is 6.99. The maximum Gasteiger partial charge on any atom is 0.318 e. The molecule has 2 aromatic heterocycles. The maximum absolute atomic E-state index is 11.0. The number of methoxy groups -OCH3 is 1. The highest BCUT2D eigenvalue weighted by Gasteiger charge is 2.35. The van der Waals surface area contributed by atoms with Gasteiger partial charge in [0.25, 0.3) is 0 Å². The van der Waals surface area contributed by atoms with Gasteiger partial charge in [0.1, 0.15) is 18.0 Å². The first kappa shape index (κ1) is 15.7. The van der Waals surface area contributed by atoms with Crippen LogP contribution in [0, 0.1) is 6.92 Å². The van der Waals surface area contributed by atoms with Crippen LogP contribution in [0.4, 0.5) is 5.82 Å². The van der Waals surface area contributed by atoms with Crippen LogP contribution in [0.1, 0.15) is 24.4 Å². The topological polar surface area (TPSA) is 89.2 Å². The first-order chi connectivity index (χ1) is 11.0. The monoisotopic (exact) mass is 318 g/mol. The minimum Gasteiger partial charge on any atom is -0.467 e. The Morgan fingerprint density at radius 3 is 2.91 bits per heavy atom. The first-order valence-electron chi connectivity index (χ1n) is 7.69. The number of ether oxygens (including phenoxy) is 1. The molecule has 3 rings (SSSR count). The summed E-state index contributed by atoms with van der Waals surface area (Å²) in [7, 11) is 3.44. The van der Waals surface area contributed by atoms with E-state index < -0.39 is 5.60 Å². The molecule has 1 aliphatic heterocycles. The largest absolute Gasteiger partial charge is 0.467 e. The fourth-order valence-corrected chi connectivity index (χ4v) is 2.99. The van der Waals surface area contributed by atoms with Crippen molar-refractivity contribution < 1.29 is 9.84 Å². The van der Waals surface area contributed by atoms with Gasteiger partial charge >= 0.3 is 6.01 Å². The van der Waals surface area contributed by atoms with Crippen LogP contribution >= 0.6 is 0 Å². The van der Waals surface area contributed by atoms with Gasteiger partial charge in [-0.15, -0.1) is 10.2 Å². The lowest BCUT2D eigenvalue weighted by Gasteiger charge is -2.39. The van der Waals surface area contributed by atoms with Crippen molar-refractivity contribution in [3.63, 3.8) is 0 Å². The second-order valence-corrected chi connectivity index (χ2v) is 6.14. The molecule has 1 fully saturated rings. The predicted molar refractivity (Wildman–Crippen MR) is 84.4 cm³/mol. The summed E-state index contributed by atoms with van der Waals surface area (Å²) in [5, 5.41) is 19.0. The lowest BCUT2D eigenvalue weighted by molar-refractivity contribution is 0.0236. The molecule has 0 bridgehead atoms. The van der Waals surface area contributed by atoms with Gasteiger partial charge in [-0.1, -0.05) is 0 Å². The molecule has 1 atom stereocenters. The molecule has 0 aromatic carbocycles. The van der Waals surface area contributed by atoms with Gasteiger partial charge in [0.05, 0.1) is 12.7 Å². The Morgan fingerprint density at radius 1 is 1.39 bits per heavy atom. The Balaban J connectivity index is 1.80. The summed E-state index contributed by atoms with van der Waals surface area (Å²) >= 11 is 0. The molecule has 124 valence electrons. The summed E-state index contributed by atoms with van der Waals surface area (Å²) in [6.07, 6.45) is 3.75. The molecular formula is C15H22N6O2. The third-order valence-electron chi connectivity index (χ3n) is 4.17. The van der Waals surface area contributed by atoms with Gasteiger partial charge in [-0.05, 0) is 19.8 Å². The first-order valence-corrected chi connectivity index (χ1v) is 7.69. The minimum atomic E-state index is -0.842. The molecule has 1 saturated heterocycles. The number of aromatic nitrogens is 5. The van der Waals surface area contributed by atoms with E-state index >= 15 is 0 Å². The van der Waals surface area contributed by atoms with Gasteiger partial charge in [-0.3, -0.25) is 0 Å². The van der Waals surface area contributed by atoms with Gasteiger partial charge in [-0.25, -0.2) is 4.98 Å². The molecule has 0 saturated carbocycles. The van der Waals surface area contributed by atoms with Crippen molar-refractivity contribution in [3.8, 4) is 6.01 Å². The van der Waals surface area contributed by atoms with Gasteiger partial charge in [0.2, 0.25) is 0 Å². The van der Waals surface area contributed by atoms with Crippen LogP contribution in [-0.4, -0.2) is 55.6 Å². The van der Waals surface area contributed by atoms with Crippen molar-refractivity contribution in [2.24, 2.45) is 7.05 Å². The van der Waals surface area contributed by atoms with Crippen molar-refractivity contribution >= 4 is 5.82 Å². The number of piperidine rings is 1. The van der Waals surface area contributed by atoms with E-state index in [1.165, 1.54) is 0 Å². The van der Waals surface area contributed by atoms with Gasteiger partial charge < -0.3 is 19.3 Å². The smallest absolute Gasteiger partial charge is 0.318 e. The van der Waals surface area contributed by atoms with Crippen LogP contribution in [0.2, 0.25) is 0 Å². The summed E-state index contributed by atoms with van der Waals surface area (Å²) in [6, 6.07) is 2.26. The molecule has 3 heterocycles. The third-order valence-corrected chi connectivity index (χ3v) is 4.17. The second-order valence-electron chi connectivity index (χ2n) is 6.14. The Labute approximate surface area is 135 Å². The summed E-state index contributed by atoms with van der Waals surface area (Å²) in [4.78, 5) is 10.7. The van der Waals surface area contributed by atoms with Crippen LogP contribution in [0.15, 0.2) is 12.4 Å². The number of aliphatic hydroxyl groups is 1. The maximum atomic E-state index is 11.0. The van der Waals surface area contributed by atoms with E-state index in [4.69, 9.17) is 4.74 Å². The number of nitrogens with zero attached hydrogens (tertiary/aromatic N) is 6. The average Bonchev–Trinajstić information content (AvgIpc) is 2.91. The Morgan fingerprint density at radius 2 is 2.22 bits per heavy atom. The van der Waals surface area contributed by atoms with Crippen molar-refractivity contribution in [2.75, 3.05) is 25.1 Å². The van der Waals surface area contributed by atoms with Crippen molar-refractivity contribution in [1.82, 2.24) is 24.7 Å². The molecule has 2 aromatic rings. The minimum absolute atomic E-state index is 0.349. The number of aryl methyl sites for hydroxylation is 2. The molecule has 0 amide bonds. The van der Waals surface area contributed by atoms with E-state index in [2.05, 4.69) is 25.1 Å². The lowest BCUT2D eigenvalue weighted by atomic mass is 9.89. The summed E-state index contributed by atoms with van der Waals surface area (Å²) in [6.45, 7) is 3.25. The van der Waals surface area contributed by atoms with Crippen molar-refractivity contribution in [3.05, 3.63) is 23.9 Å². The number of hydrogen-bond acceptors (Lipinski definition) is 7. The van der Waals surface area contributed by atoms with Gasteiger partial charge in [0, 0.05) is 38.3 Å². The quantitative estimate of drug-likeness (QED) is 0.878. The van der Waals surface area contributed by atoms with E-state index in [0.717, 1.165) is 36.7 Å². The van der Waals surface area contributed by atoms with Crippen LogP contribution in [0.5, 0.6) is 6.01 Å². The highest BCUT2D eigenvalue weighted by atomic mass is 16.5. The molecule has 8 heteroatoms. The normalized spacial score (nSPS) is 21.5. The van der Waals surface area contributed by atoms with Crippen molar-refractivity contribution in [1.29, 1.82) is 0 Å². The fraction of sp³-hybridized carbons (Fsp3) is 0.600. The van der Waals surface area contributed by atoms with Gasteiger partial charge in [0.15, 0.2) is 0 Å². The Bertz CT molecular complexity index is 688. The van der Waals surface area contributed by atoms with Crippen LogP contribution in [0.25, 0.3) is 0 Å². The zero-order valence-corrected chi connectivity index (χ0v) is 13.7. The highest BCUT2D eigenvalue weighted by molar-refractivity contribution is 5.42. The predicted octanol–water partition coefficient (Wildman–Crippen LogP) is 0.496. The van der Waals surface area contributed by atoms with Crippen molar-refractivity contribution in [2.45, 2.75) is 31.8 Å². The van der Waals surface area contributed by atoms with E-state index in [0.29, 0.717) is 19.0 Å². The molecule has 0 radical (unpaired) electrons. The van der Waals surface area contributed by atoms with E-state index in [9.17, 15) is 5.11 Å². The van der Waals surface area contributed by atoms with E-state index in [1.807, 2.05) is 24.6 Å². The zero-order valence-electron chi connectivity index (χ0n) is 13.7. The lowest BCUT2D eigenvalue weighted by Crippen LogP contribution is -2.50. The molecule has 1 N–H and O–H groups in total. The van der Waals surface area contributed by atoms with Crippen LogP contribution < -0.4 is 9.64 Å². The molecule has 1 unspecified atom stereocenters. The zero-order chi connectivity index (χ0) is 16.4. The molecule has 0 spiro atoms. The standard InChI is InChI=1S/C15H22N6O2/c1-11-7-12(18-14(17-11)23-3)21-6-4-5-15(22,9-21)8-13-19-16-10-20(13)2/h7,10,22H,4-6,8-9H2,1-3H3. The Kier molecular flexibility index (Phi) is 4.16. The molecule has 1 aliphatic rings. The van der Waals surface area contributed by atoms with E-state index in [1.54, 1.807) is 13.4 Å². The third kappa shape index (κ3) is 3.42. The summed E-state index contributed by atoms with van der Waals surface area (Å²) in [5.41, 5.74) is -0.000218. The average molecular weight is 318 g/mol. The summed E-state index contributed by atoms with van der Waals surface area (Å²) in [5.74, 6) is 1.57. The SMILES string of the molecule is COc1nc(C)cc(N2CCCC(O)(Cc3nncn3C)C2)n1. The Hall–Kier alpha value is -2.22. The van der Waals surface area contributed by atoms with Crippen LogP contribution in [0.3, 0.4) is 0 Å². The van der Waals surface area contributed by atoms with Crippen LogP contribution in [-0.2, 0) is 13.5 Å². The molecular weight excluding hydrogens is 296 g/mol. The van der Waals surface area contributed by atoms with Gasteiger partial charge in [-0.2, -0.15) is 4.98 Å². The molecule has 23 heavy (non-hydrogen) atoms.